The third-order valence-corrected chi connectivity index (χ3v) is 5.04. The standard InChI is InChI=1S/C20H30N2O2/c1-14(2)17-8-6-7-9-18(17)21-10-15-12-22(13-16(15)11-21)19(23)24-20(3,4)5/h6-9,14-16H,10-13H2,1-5H3. The third kappa shape index (κ3) is 3.52. The monoisotopic (exact) mass is 330 g/mol. The van der Waals surface area contributed by atoms with Crippen molar-refractivity contribution >= 4 is 11.8 Å². The molecule has 2 fully saturated rings. The first-order valence-electron chi connectivity index (χ1n) is 9.06. The maximum absolute atomic E-state index is 12.3. The number of amides is 1. The molecule has 1 aromatic rings. The van der Waals surface area contributed by atoms with Crippen LogP contribution >= 0.6 is 0 Å². The summed E-state index contributed by atoms with van der Waals surface area (Å²) >= 11 is 0. The van der Waals surface area contributed by atoms with Gasteiger partial charge in [0.05, 0.1) is 0 Å². The van der Waals surface area contributed by atoms with Gasteiger partial charge in [0, 0.05) is 43.7 Å². The topological polar surface area (TPSA) is 32.8 Å². The van der Waals surface area contributed by atoms with Crippen molar-refractivity contribution in [3.63, 3.8) is 0 Å². The summed E-state index contributed by atoms with van der Waals surface area (Å²) in [7, 11) is 0. The molecule has 2 saturated heterocycles. The largest absolute Gasteiger partial charge is 0.444 e. The van der Waals surface area contributed by atoms with Crippen LogP contribution in [-0.2, 0) is 4.74 Å². The van der Waals surface area contributed by atoms with Gasteiger partial charge in [-0.2, -0.15) is 0 Å². The van der Waals surface area contributed by atoms with E-state index >= 15 is 0 Å². The lowest BCUT2D eigenvalue weighted by Crippen LogP contribution is -2.37. The Kier molecular flexibility index (Phi) is 4.50. The SMILES string of the molecule is CC(C)c1ccccc1N1CC2CN(C(=O)OC(C)(C)C)CC2C1. The molecule has 4 nitrogen and oxygen atoms in total. The van der Waals surface area contributed by atoms with E-state index in [1.807, 2.05) is 25.7 Å². The highest BCUT2D eigenvalue weighted by atomic mass is 16.6. The zero-order valence-electron chi connectivity index (χ0n) is 15.6. The molecule has 2 aliphatic rings. The second-order valence-corrected chi connectivity index (χ2v) is 8.52. The number of rotatable bonds is 2. The average Bonchev–Trinajstić information content (AvgIpc) is 3.03. The minimum absolute atomic E-state index is 0.161. The maximum atomic E-state index is 12.3. The lowest BCUT2D eigenvalue weighted by molar-refractivity contribution is 0.0282. The van der Waals surface area contributed by atoms with Crippen LogP contribution in [0.1, 0.15) is 46.1 Å². The van der Waals surface area contributed by atoms with E-state index in [1.165, 1.54) is 11.3 Å². The Morgan fingerprint density at radius 1 is 1.08 bits per heavy atom. The summed E-state index contributed by atoms with van der Waals surface area (Å²) in [5, 5.41) is 0. The van der Waals surface area contributed by atoms with Crippen molar-refractivity contribution in [3.05, 3.63) is 29.8 Å². The first-order valence-corrected chi connectivity index (χ1v) is 9.06. The molecule has 2 atom stereocenters. The van der Waals surface area contributed by atoms with Crippen LogP contribution in [0.15, 0.2) is 24.3 Å². The molecule has 4 heteroatoms. The minimum Gasteiger partial charge on any atom is -0.444 e. The Morgan fingerprint density at radius 3 is 2.21 bits per heavy atom. The number of benzene rings is 1. The predicted molar refractivity (Wildman–Crippen MR) is 97.5 cm³/mol. The van der Waals surface area contributed by atoms with Gasteiger partial charge in [-0.05, 0) is 38.3 Å². The lowest BCUT2D eigenvalue weighted by atomic mass is 10.0. The number of para-hydroxylation sites is 1. The van der Waals surface area contributed by atoms with E-state index in [-0.39, 0.29) is 6.09 Å². The van der Waals surface area contributed by atoms with Gasteiger partial charge in [-0.25, -0.2) is 4.79 Å². The summed E-state index contributed by atoms with van der Waals surface area (Å²) in [4.78, 5) is 16.7. The first kappa shape index (κ1) is 17.1. The molecule has 0 spiro atoms. The molecule has 0 aliphatic carbocycles. The zero-order chi connectivity index (χ0) is 17.5. The number of anilines is 1. The van der Waals surface area contributed by atoms with Crippen LogP contribution < -0.4 is 4.90 Å². The van der Waals surface area contributed by atoms with Gasteiger partial charge >= 0.3 is 6.09 Å². The number of carbonyl (C=O) groups excluding carboxylic acids is 1. The van der Waals surface area contributed by atoms with E-state index in [2.05, 4.69) is 43.0 Å². The molecule has 0 aromatic heterocycles. The van der Waals surface area contributed by atoms with Crippen LogP contribution in [0.25, 0.3) is 0 Å². The summed E-state index contributed by atoms with van der Waals surface area (Å²) in [6, 6.07) is 8.73. The van der Waals surface area contributed by atoms with Gasteiger partial charge in [-0.15, -0.1) is 0 Å². The summed E-state index contributed by atoms with van der Waals surface area (Å²) in [5.41, 5.74) is 2.36. The van der Waals surface area contributed by atoms with E-state index in [9.17, 15) is 4.79 Å². The lowest BCUT2D eigenvalue weighted by Gasteiger charge is -2.27. The van der Waals surface area contributed by atoms with E-state index in [0.717, 1.165) is 26.2 Å². The molecule has 1 aromatic carbocycles. The Bertz CT molecular complexity index is 592. The van der Waals surface area contributed by atoms with Crippen molar-refractivity contribution in [1.82, 2.24) is 4.90 Å². The second kappa shape index (κ2) is 6.30. The normalized spacial score (nSPS) is 23.8. The molecule has 24 heavy (non-hydrogen) atoms. The van der Waals surface area contributed by atoms with Gasteiger partial charge in [-0.3, -0.25) is 0 Å². The van der Waals surface area contributed by atoms with Crippen molar-refractivity contribution in [2.24, 2.45) is 11.8 Å². The van der Waals surface area contributed by atoms with Gasteiger partial charge in [0.25, 0.3) is 0 Å². The van der Waals surface area contributed by atoms with E-state index in [0.29, 0.717) is 17.8 Å². The fourth-order valence-corrected chi connectivity index (χ4v) is 3.93. The van der Waals surface area contributed by atoms with E-state index in [4.69, 9.17) is 4.74 Å². The summed E-state index contributed by atoms with van der Waals surface area (Å²) in [6.07, 6.45) is -0.161. The van der Waals surface area contributed by atoms with Crippen LogP contribution in [-0.4, -0.2) is 42.8 Å². The van der Waals surface area contributed by atoms with Crippen LogP contribution in [0.2, 0.25) is 0 Å². The van der Waals surface area contributed by atoms with Crippen LogP contribution in [0.3, 0.4) is 0 Å². The van der Waals surface area contributed by atoms with Crippen LogP contribution in [0, 0.1) is 11.8 Å². The van der Waals surface area contributed by atoms with Crippen molar-refractivity contribution in [2.75, 3.05) is 31.1 Å². The molecule has 2 aliphatic heterocycles. The predicted octanol–water partition coefficient (Wildman–Crippen LogP) is 4.11. The molecular formula is C20H30N2O2. The summed E-state index contributed by atoms with van der Waals surface area (Å²) in [6.45, 7) is 14.0. The minimum atomic E-state index is -0.420. The smallest absolute Gasteiger partial charge is 0.410 e. The van der Waals surface area contributed by atoms with Gasteiger partial charge in [0.2, 0.25) is 0 Å². The van der Waals surface area contributed by atoms with Gasteiger partial charge in [0.15, 0.2) is 0 Å². The van der Waals surface area contributed by atoms with Crippen LogP contribution in [0.4, 0.5) is 10.5 Å². The van der Waals surface area contributed by atoms with Gasteiger partial charge < -0.3 is 14.5 Å². The first-order chi connectivity index (χ1) is 11.2. The zero-order valence-corrected chi connectivity index (χ0v) is 15.6. The number of carbonyl (C=O) groups is 1. The van der Waals surface area contributed by atoms with Gasteiger partial charge in [0.1, 0.15) is 5.60 Å². The maximum Gasteiger partial charge on any atom is 0.410 e. The number of ether oxygens (including phenoxy) is 1. The number of fused-ring (bicyclic) bond motifs is 1. The summed E-state index contributed by atoms with van der Waals surface area (Å²) < 4.78 is 5.52. The Labute approximate surface area is 145 Å². The molecule has 132 valence electrons. The average molecular weight is 330 g/mol. The number of likely N-dealkylation sites (tertiary alicyclic amines) is 1. The number of hydrogen-bond acceptors (Lipinski definition) is 3. The summed E-state index contributed by atoms with van der Waals surface area (Å²) in [5.74, 6) is 1.63. The fourth-order valence-electron chi connectivity index (χ4n) is 3.93. The molecule has 1 amide bonds. The molecule has 0 saturated carbocycles. The fraction of sp³-hybridized carbons (Fsp3) is 0.650. The molecule has 0 radical (unpaired) electrons. The van der Waals surface area contributed by atoms with E-state index < -0.39 is 5.60 Å². The van der Waals surface area contributed by atoms with Crippen molar-refractivity contribution in [3.8, 4) is 0 Å². The molecule has 0 N–H and O–H groups in total. The Morgan fingerprint density at radius 2 is 1.67 bits per heavy atom. The molecule has 3 rings (SSSR count). The van der Waals surface area contributed by atoms with E-state index in [1.54, 1.807) is 0 Å². The third-order valence-electron chi connectivity index (χ3n) is 5.04. The highest BCUT2D eigenvalue weighted by molar-refractivity contribution is 5.69. The molecule has 2 unspecified atom stereocenters. The van der Waals surface area contributed by atoms with Gasteiger partial charge in [-0.1, -0.05) is 32.0 Å². The molecule has 2 heterocycles. The van der Waals surface area contributed by atoms with Crippen molar-refractivity contribution < 1.29 is 9.53 Å². The van der Waals surface area contributed by atoms with Crippen LogP contribution in [0.5, 0.6) is 0 Å². The second-order valence-electron chi connectivity index (χ2n) is 8.52. The van der Waals surface area contributed by atoms with Crippen molar-refractivity contribution in [2.45, 2.75) is 46.1 Å². The number of nitrogens with zero attached hydrogens (tertiary/aromatic N) is 2. The molecule has 0 bridgehead atoms. The Balaban J connectivity index is 1.65. The number of hydrogen-bond donors (Lipinski definition) is 0. The quantitative estimate of drug-likeness (QED) is 0.818. The molecular weight excluding hydrogens is 300 g/mol. The van der Waals surface area contributed by atoms with Crippen molar-refractivity contribution in [1.29, 1.82) is 0 Å². The Hall–Kier alpha value is -1.71. The highest BCUT2D eigenvalue weighted by Crippen LogP contribution is 2.37. The highest BCUT2D eigenvalue weighted by Gasteiger charge is 2.43.